The Morgan fingerprint density at radius 1 is 0.725 bits per heavy atom. The normalized spacial score (nSPS) is 13.8. The summed E-state index contributed by atoms with van der Waals surface area (Å²) >= 11 is 0. The average Bonchev–Trinajstić information content (AvgIpc) is 3.32. The number of rotatable bonds is 7. The first-order chi connectivity index (χ1) is 19.5. The van der Waals surface area contributed by atoms with Gasteiger partial charge in [-0.05, 0) is 60.2 Å². The highest BCUT2D eigenvalue weighted by Gasteiger charge is 2.30. The Morgan fingerprint density at radius 3 is 2.12 bits per heavy atom. The fourth-order valence-electron chi connectivity index (χ4n) is 4.57. The van der Waals surface area contributed by atoms with E-state index in [2.05, 4.69) is 20.3 Å². The predicted octanol–water partition coefficient (Wildman–Crippen LogP) is 6.48. The van der Waals surface area contributed by atoms with Crippen molar-refractivity contribution in [2.75, 3.05) is 15.4 Å². The molecule has 1 aliphatic heterocycles. The van der Waals surface area contributed by atoms with E-state index in [0.29, 0.717) is 28.2 Å². The third-order valence-electron chi connectivity index (χ3n) is 6.50. The number of anilines is 3. The van der Waals surface area contributed by atoms with Gasteiger partial charge < -0.3 is 10.6 Å². The Labute approximate surface area is 232 Å². The van der Waals surface area contributed by atoms with Crippen molar-refractivity contribution >= 4 is 44.3 Å². The number of carbonyl (C=O) groups is 1. The molecule has 0 fully saturated rings. The topological polar surface area (TPSA) is 100 Å². The lowest BCUT2D eigenvalue weighted by atomic mass is 10.00. The molecule has 2 heterocycles. The van der Waals surface area contributed by atoms with Gasteiger partial charge in [-0.15, -0.1) is 0 Å². The number of fused-ring (bicyclic) bond motifs is 1. The van der Waals surface area contributed by atoms with E-state index in [4.69, 9.17) is 0 Å². The number of aromatic nitrogens is 1. The minimum absolute atomic E-state index is 0.0521. The summed E-state index contributed by atoms with van der Waals surface area (Å²) in [6.07, 6.45) is 1.75. The van der Waals surface area contributed by atoms with Crippen LogP contribution >= 0.6 is 0 Å². The number of hydrogen-bond acceptors (Lipinski definition) is 5. The first kappa shape index (κ1) is 25.1. The lowest BCUT2D eigenvalue weighted by Gasteiger charge is -2.15. The molecule has 5 aromatic rings. The van der Waals surface area contributed by atoms with Gasteiger partial charge in [-0.2, -0.15) is 0 Å². The highest BCUT2D eigenvalue weighted by atomic mass is 32.2. The summed E-state index contributed by atoms with van der Waals surface area (Å²) in [5.41, 5.74) is 5.78. The van der Waals surface area contributed by atoms with E-state index >= 15 is 0 Å². The van der Waals surface area contributed by atoms with Crippen molar-refractivity contribution in [2.45, 2.75) is 4.90 Å². The number of pyridine rings is 1. The lowest BCUT2D eigenvalue weighted by Crippen LogP contribution is -2.13. The third-order valence-corrected chi connectivity index (χ3v) is 7.88. The number of amides is 1. The second-order valence-electron chi connectivity index (χ2n) is 9.17. The standard InChI is InChI=1S/C32H24N4O3S/c37-32-30(27-21-26(18-19-29(27)35-32)40(38,39)36-25-11-5-2-6-12-25)31(23-9-3-1-4-10-23)34-24-16-14-22(15-17-24)28-13-7-8-20-33-28/h1-21,34,36H,(H,35,37)/b31-30-. The smallest absolute Gasteiger partial charge is 0.261 e. The molecule has 6 rings (SSSR count). The van der Waals surface area contributed by atoms with Crippen molar-refractivity contribution < 1.29 is 13.2 Å². The van der Waals surface area contributed by atoms with E-state index in [1.54, 1.807) is 36.5 Å². The van der Waals surface area contributed by atoms with E-state index in [0.717, 1.165) is 22.5 Å². The molecular formula is C32H24N4O3S. The van der Waals surface area contributed by atoms with Crippen LogP contribution in [0.3, 0.4) is 0 Å². The van der Waals surface area contributed by atoms with Gasteiger partial charge in [0, 0.05) is 34.4 Å². The number of benzene rings is 4. The van der Waals surface area contributed by atoms with E-state index in [1.807, 2.05) is 78.9 Å². The number of hydrogen-bond donors (Lipinski definition) is 3. The maximum atomic E-state index is 13.3. The molecular weight excluding hydrogens is 520 g/mol. The number of carbonyl (C=O) groups excluding carboxylic acids is 1. The van der Waals surface area contributed by atoms with E-state index in [-0.39, 0.29) is 10.8 Å². The molecule has 0 saturated carbocycles. The summed E-state index contributed by atoms with van der Waals surface area (Å²) in [4.78, 5) is 17.8. The van der Waals surface area contributed by atoms with Crippen LogP contribution in [0.2, 0.25) is 0 Å². The SMILES string of the molecule is O=C1Nc2ccc(S(=O)(=O)Nc3ccccc3)cc2/C1=C(/Nc1ccc(-c2ccccn2)cc1)c1ccccc1. The first-order valence-electron chi connectivity index (χ1n) is 12.6. The molecule has 7 nitrogen and oxygen atoms in total. The Bertz CT molecular complexity index is 1820. The Hall–Kier alpha value is -5.21. The molecule has 0 atom stereocenters. The molecule has 196 valence electrons. The maximum Gasteiger partial charge on any atom is 0.261 e. The second kappa shape index (κ2) is 10.5. The minimum Gasteiger partial charge on any atom is -0.354 e. The van der Waals surface area contributed by atoms with Crippen LogP contribution in [0.5, 0.6) is 0 Å². The van der Waals surface area contributed by atoms with E-state index in [1.165, 1.54) is 12.1 Å². The molecule has 0 saturated heterocycles. The van der Waals surface area contributed by atoms with Crippen LogP contribution in [0.4, 0.5) is 17.1 Å². The summed E-state index contributed by atoms with van der Waals surface area (Å²) in [5, 5.41) is 6.30. The van der Waals surface area contributed by atoms with Gasteiger partial charge >= 0.3 is 0 Å². The number of sulfonamides is 1. The van der Waals surface area contributed by atoms with Crippen molar-refractivity contribution in [1.29, 1.82) is 0 Å². The lowest BCUT2D eigenvalue weighted by molar-refractivity contribution is -0.110. The van der Waals surface area contributed by atoms with Crippen molar-refractivity contribution in [3.63, 3.8) is 0 Å². The van der Waals surface area contributed by atoms with Crippen LogP contribution in [0, 0.1) is 0 Å². The monoisotopic (exact) mass is 544 g/mol. The molecule has 0 bridgehead atoms. The van der Waals surface area contributed by atoms with Crippen molar-refractivity contribution in [2.24, 2.45) is 0 Å². The Kier molecular flexibility index (Phi) is 6.59. The molecule has 40 heavy (non-hydrogen) atoms. The van der Waals surface area contributed by atoms with Gasteiger partial charge in [0.1, 0.15) is 0 Å². The maximum absolute atomic E-state index is 13.3. The van der Waals surface area contributed by atoms with Gasteiger partial charge in [-0.3, -0.25) is 14.5 Å². The van der Waals surface area contributed by atoms with Crippen LogP contribution in [0.25, 0.3) is 22.5 Å². The van der Waals surface area contributed by atoms with Gasteiger partial charge in [-0.25, -0.2) is 8.42 Å². The average molecular weight is 545 g/mol. The molecule has 0 radical (unpaired) electrons. The summed E-state index contributed by atoms with van der Waals surface area (Å²) < 4.78 is 29.0. The number of nitrogens with one attached hydrogen (secondary N) is 3. The zero-order chi connectivity index (χ0) is 27.5. The molecule has 1 amide bonds. The van der Waals surface area contributed by atoms with Crippen molar-refractivity contribution in [3.05, 3.63) is 139 Å². The highest BCUT2D eigenvalue weighted by molar-refractivity contribution is 7.92. The second-order valence-corrected chi connectivity index (χ2v) is 10.8. The van der Waals surface area contributed by atoms with Gasteiger partial charge in [0.05, 0.1) is 21.9 Å². The van der Waals surface area contributed by atoms with E-state index < -0.39 is 10.0 Å². The van der Waals surface area contributed by atoms with Crippen molar-refractivity contribution in [1.82, 2.24) is 4.98 Å². The Morgan fingerprint density at radius 2 is 1.43 bits per heavy atom. The van der Waals surface area contributed by atoms with Crippen molar-refractivity contribution in [3.8, 4) is 11.3 Å². The zero-order valence-electron chi connectivity index (χ0n) is 21.2. The number of para-hydroxylation sites is 1. The molecule has 1 aliphatic rings. The van der Waals surface area contributed by atoms with Crippen LogP contribution in [0.15, 0.2) is 132 Å². The van der Waals surface area contributed by atoms with Crippen LogP contribution in [0.1, 0.15) is 11.1 Å². The molecule has 0 spiro atoms. The Balaban J connectivity index is 1.42. The van der Waals surface area contributed by atoms with Gasteiger partial charge in [-0.1, -0.05) is 66.7 Å². The summed E-state index contributed by atoms with van der Waals surface area (Å²) in [6.45, 7) is 0. The molecule has 8 heteroatoms. The first-order valence-corrected chi connectivity index (χ1v) is 14.1. The fraction of sp³-hybridized carbons (Fsp3) is 0. The third kappa shape index (κ3) is 5.08. The van der Waals surface area contributed by atoms with Crippen LogP contribution in [-0.2, 0) is 14.8 Å². The quantitative estimate of drug-likeness (QED) is 0.204. The van der Waals surface area contributed by atoms with Crippen LogP contribution in [-0.4, -0.2) is 19.3 Å². The van der Waals surface area contributed by atoms with Crippen LogP contribution < -0.4 is 15.4 Å². The predicted molar refractivity (Wildman–Crippen MR) is 159 cm³/mol. The molecule has 0 aliphatic carbocycles. The summed E-state index contributed by atoms with van der Waals surface area (Å²) in [6, 6.07) is 36.3. The van der Waals surface area contributed by atoms with E-state index in [9.17, 15) is 13.2 Å². The summed E-state index contributed by atoms with van der Waals surface area (Å²) in [5.74, 6) is -0.322. The molecule has 1 aromatic heterocycles. The number of nitrogens with zero attached hydrogens (tertiary/aromatic N) is 1. The van der Waals surface area contributed by atoms with Gasteiger partial charge in [0.25, 0.3) is 15.9 Å². The molecule has 4 aromatic carbocycles. The zero-order valence-corrected chi connectivity index (χ0v) is 22.0. The molecule has 3 N–H and O–H groups in total. The minimum atomic E-state index is -3.89. The fourth-order valence-corrected chi connectivity index (χ4v) is 5.65. The molecule has 0 unspecified atom stereocenters. The highest BCUT2D eigenvalue weighted by Crippen LogP contribution is 2.39. The largest absolute Gasteiger partial charge is 0.354 e. The van der Waals surface area contributed by atoms with Gasteiger partial charge in [0.15, 0.2) is 0 Å². The summed E-state index contributed by atoms with van der Waals surface area (Å²) in [7, 11) is -3.89. The van der Waals surface area contributed by atoms with Gasteiger partial charge in [0.2, 0.25) is 0 Å².